The summed E-state index contributed by atoms with van der Waals surface area (Å²) in [6.07, 6.45) is -0.515. The summed E-state index contributed by atoms with van der Waals surface area (Å²) in [4.78, 5) is 16.5. The number of fused-ring (bicyclic) bond motifs is 1. The third-order valence-electron chi connectivity index (χ3n) is 3.63. The molecule has 0 spiro atoms. The Kier molecular flexibility index (Phi) is 4.14. The predicted molar refractivity (Wildman–Crippen MR) is 101 cm³/mol. The number of anilines is 1. The largest absolute Gasteiger partial charge is 0.417 e. The Morgan fingerprint density at radius 1 is 0.880 bits per heavy atom. The minimum atomic E-state index is -0.515. The Labute approximate surface area is 148 Å². The number of hydrogen-bond acceptors (Lipinski definition) is 4. The normalized spacial score (nSPS) is 10.6. The van der Waals surface area contributed by atoms with Crippen molar-refractivity contribution in [2.45, 2.75) is 0 Å². The molecule has 0 aliphatic rings. The van der Waals surface area contributed by atoms with Gasteiger partial charge in [0, 0.05) is 11.3 Å². The van der Waals surface area contributed by atoms with E-state index in [0.29, 0.717) is 11.4 Å². The number of para-hydroxylation sites is 2. The van der Waals surface area contributed by atoms with Crippen LogP contribution in [0.4, 0.5) is 10.5 Å². The van der Waals surface area contributed by atoms with Crippen LogP contribution in [-0.4, -0.2) is 11.1 Å². The molecule has 1 amide bonds. The Morgan fingerprint density at radius 3 is 2.36 bits per heavy atom. The second kappa shape index (κ2) is 6.75. The van der Waals surface area contributed by atoms with Crippen molar-refractivity contribution >= 4 is 33.3 Å². The molecule has 4 rings (SSSR count). The highest BCUT2D eigenvalue weighted by Gasteiger charge is 2.08. The first kappa shape index (κ1) is 15.4. The van der Waals surface area contributed by atoms with Crippen LogP contribution < -0.4 is 10.1 Å². The van der Waals surface area contributed by atoms with Gasteiger partial charge in [-0.15, -0.1) is 11.3 Å². The summed E-state index contributed by atoms with van der Waals surface area (Å²) in [5, 5.41) is 3.68. The molecule has 4 nitrogen and oxygen atoms in total. The van der Waals surface area contributed by atoms with Crippen LogP contribution in [0.2, 0.25) is 0 Å². The van der Waals surface area contributed by atoms with Crippen LogP contribution in [0.1, 0.15) is 0 Å². The molecule has 0 saturated carbocycles. The summed E-state index contributed by atoms with van der Waals surface area (Å²) >= 11 is 1.65. The number of benzene rings is 3. The Bertz CT molecular complexity index is 978. The van der Waals surface area contributed by atoms with Crippen molar-refractivity contribution in [1.82, 2.24) is 4.98 Å². The average Bonchev–Trinajstić information content (AvgIpc) is 3.07. The second-order valence-electron chi connectivity index (χ2n) is 5.39. The van der Waals surface area contributed by atoms with Gasteiger partial charge in [-0.3, -0.25) is 5.32 Å². The monoisotopic (exact) mass is 346 g/mol. The van der Waals surface area contributed by atoms with E-state index < -0.39 is 6.09 Å². The lowest BCUT2D eigenvalue weighted by molar-refractivity contribution is 0.215. The summed E-state index contributed by atoms with van der Waals surface area (Å²) < 4.78 is 6.37. The maximum absolute atomic E-state index is 11.9. The van der Waals surface area contributed by atoms with Gasteiger partial charge >= 0.3 is 6.09 Å². The fraction of sp³-hybridized carbons (Fsp3) is 0. The van der Waals surface area contributed by atoms with Gasteiger partial charge in [0.05, 0.1) is 10.2 Å². The molecule has 0 saturated heterocycles. The zero-order valence-electron chi connectivity index (χ0n) is 13.2. The Balaban J connectivity index is 1.47. The number of carbonyl (C=O) groups excluding carboxylic acids is 1. The number of nitrogens with one attached hydrogen (secondary N) is 1. The average molecular weight is 346 g/mol. The molecule has 0 atom stereocenters. The minimum Gasteiger partial charge on any atom is -0.410 e. The van der Waals surface area contributed by atoms with Crippen molar-refractivity contribution in [2.75, 3.05) is 5.32 Å². The lowest BCUT2D eigenvalue weighted by atomic mass is 10.2. The molecule has 0 fully saturated rings. The van der Waals surface area contributed by atoms with Gasteiger partial charge in [0.2, 0.25) is 0 Å². The summed E-state index contributed by atoms with van der Waals surface area (Å²) in [5.41, 5.74) is 2.69. The lowest BCUT2D eigenvalue weighted by Gasteiger charge is -2.06. The molecular weight excluding hydrogens is 332 g/mol. The Hall–Kier alpha value is -3.18. The molecule has 3 aromatic carbocycles. The van der Waals surface area contributed by atoms with Crippen molar-refractivity contribution in [3.63, 3.8) is 0 Å². The van der Waals surface area contributed by atoms with Crippen LogP contribution in [-0.2, 0) is 0 Å². The molecule has 1 N–H and O–H groups in total. The number of rotatable bonds is 3. The van der Waals surface area contributed by atoms with E-state index in [0.717, 1.165) is 20.8 Å². The highest BCUT2D eigenvalue weighted by Crippen LogP contribution is 2.30. The molecule has 0 unspecified atom stereocenters. The van der Waals surface area contributed by atoms with E-state index in [2.05, 4.69) is 16.4 Å². The first-order chi connectivity index (χ1) is 12.3. The van der Waals surface area contributed by atoms with Gasteiger partial charge in [-0.1, -0.05) is 30.3 Å². The molecule has 4 aromatic rings. The molecule has 1 heterocycles. The topological polar surface area (TPSA) is 51.2 Å². The molecule has 0 aliphatic heterocycles. The molecule has 25 heavy (non-hydrogen) atoms. The van der Waals surface area contributed by atoms with Gasteiger partial charge in [-0.25, -0.2) is 9.78 Å². The number of thiazole rings is 1. The van der Waals surface area contributed by atoms with Gasteiger partial charge in [0.1, 0.15) is 10.8 Å². The van der Waals surface area contributed by atoms with E-state index in [-0.39, 0.29) is 0 Å². The van der Waals surface area contributed by atoms with E-state index in [1.165, 1.54) is 0 Å². The molecule has 1 aromatic heterocycles. The number of amides is 1. The maximum atomic E-state index is 11.9. The van der Waals surface area contributed by atoms with E-state index in [1.54, 1.807) is 23.5 Å². The number of ether oxygens (including phenoxy) is 1. The van der Waals surface area contributed by atoms with Crippen molar-refractivity contribution in [2.24, 2.45) is 0 Å². The predicted octanol–water partition coefficient (Wildman–Crippen LogP) is 5.57. The SMILES string of the molecule is O=C(Nc1ccc(-c2nc3ccccc3s2)cc1)Oc1ccccc1. The van der Waals surface area contributed by atoms with E-state index in [1.807, 2.05) is 60.7 Å². The van der Waals surface area contributed by atoms with Crippen molar-refractivity contribution in [3.8, 4) is 16.3 Å². The zero-order chi connectivity index (χ0) is 17.1. The lowest BCUT2D eigenvalue weighted by Crippen LogP contribution is -2.16. The number of nitrogens with zero attached hydrogens (tertiary/aromatic N) is 1. The van der Waals surface area contributed by atoms with Crippen molar-refractivity contribution in [1.29, 1.82) is 0 Å². The summed E-state index contributed by atoms with van der Waals surface area (Å²) in [7, 11) is 0. The number of carbonyl (C=O) groups is 1. The first-order valence-electron chi connectivity index (χ1n) is 7.78. The smallest absolute Gasteiger partial charge is 0.410 e. The van der Waals surface area contributed by atoms with Crippen molar-refractivity contribution < 1.29 is 9.53 Å². The van der Waals surface area contributed by atoms with Crippen LogP contribution in [0, 0.1) is 0 Å². The fourth-order valence-electron chi connectivity index (χ4n) is 2.43. The quantitative estimate of drug-likeness (QED) is 0.527. The third-order valence-corrected chi connectivity index (χ3v) is 4.71. The van der Waals surface area contributed by atoms with Crippen molar-refractivity contribution in [3.05, 3.63) is 78.9 Å². The number of hydrogen-bond donors (Lipinski definition) is 1. The van der Waals surface area contributed by atoms with Crippen LogP contribution >= 0.6 is 11.3 Å². The molecule has 0 aliphatic carbocycles. The summed E-state index contributed by atoms with van der Waals surface area (Å²) in [6.45, 7) is 0. The van der Waals surface area contributed by atoms with Gasteiger partial charge in [-0.05, 0) is 48.5 Å². The van der Waals surface area contributed by atoms with Gasteiger partial charge in [0.25, 0.3) is 0 Å². The number of aromatic nitrogens is 1. The fourth-order valence-corrected chi connectivity index (χ4v) is 3.40. The second-order valence-corrected chi connectivity index (χ2v) is 6.42. The van der Waals surface area contributed by atoms with E-state index >= 15 is 0 Å². The molecular formula is C20H14N2O2S. The molecule has 0 bridgehead atoms. The minimum absolute atomic E-state index is 0.506. The summed E-state index contributed by atoms with van der Waals surface area (Å²) in [6, 6.07) is 24.6. The highest BCUT2D eigenvalue weighted by atomic mass is 32.1. The van der Waals surface area contributed by atoms with Crippen LogP contribution in [0.5, 0.6) is 5.75 Å². The van der Waals surface area contributed by atoms with E-state index in [4.69, 9.17) is 4.74 Å². The van der Waals surface area contributed by atoms with Crippen LogP contribution in [0.15, 0.2) is 78.9 Å². The zero-order valence-corrected chi connectivity index (χ0v) is 14.0. The summed E-state index contributed by atoms with van der Waals surface area (Å²) in [5.74, 6) is 0.506. The molecule has 0 radical (unpaired) electrons. The van der Waals surface area contributed by atoms with Gasteiger partial charge in [-0.2, -0.15) is 0 Å². The standard InChI is InChI=1S/C20H14N2O2S/c23-20(24-16-6-2-1-3-7-16)21-15-12-10-14(11-13-15)19-22-17-8-4-5-9-18(17)25-19/h1-13H,(H,21,23). The first-order valence-corrected chi connectivity index (χ1v) is 8.59. The van der Waals surface area contributed by atoms with Crippen LogP contribution in [0.3, 0.4) is 0 Å². The molecule has 122 valence electrons. The van der Waals surface area contributed by atoms with Gasteiger partial charge < -0.3 is 4.74 Å². The van der Waals surface area contributed by atoms with Crippen LogP contribution in [0.25, 0.3) is 20.8 Å². The van der Waals surface area contributed by atoms with E-state index in [9.17, 15) is 4.79 Å². The Morgan fingerprint density at radius 2 is 1.60 bits per heavy atom. The molecule has 5 heteroatoms. The highest BCUT2D eigenvalue weighted by molar-refractivity contribution is 7.21. The third kappa shape index (κ3) is 3.51. The van der Waals surface area contributed by atoms with Gasteiger partial charge in [0.15, 0.2) is 0 Å². The maximum Gasteiger partial charge on any atom is 0.417 e.